The van der Waals surface area contributed by atoms with Gasteiger partial charge in [-0.3, -0.25) is 0 Å². The molecule has 2 atom stereocenters. The molecular formula is C14H32O6Si4. The lowest BCUT2D eigenvalue weighted by Gasteiger charge is -2.36. The van der Waals surface area contributed by atoms with Crippen molar-refractivity contribution in [3.8, 4) is 0 Å². The van der Waals surface area contributed by atoms with Crippen molar-refractivity contribution in [2.24, 2.45) is 0 Å². The standard InChI is InChI=1S/C14H32O6Si4/c1-13(2)12-14(15)16-8-6-10-24(5)11-7-9-17-22(18-21)19-23(3,4)20-24/h12,22H,6-11H2,1-5,21H3. The molecule has 1 rings (SSSR count). The van der Waals surface area contributed by atoms with Gasteiger partial charge in [0.1, 0.15) is 10.5 Å². The van der Waals surface area contributed by atoms with Crippen LogP contribution in [0, 0.1) is 0 Å². The predicted molar refractivity (Wildman–Crippen MR) is 105 cm³/mol. The summed E-state index contributed by atoms with van der Waals surface area (Å²) in [6.07, 6.45) is 3.33. The van der Waals surface area contributed by atoms with Crippen LogP contribution < -0.4 is 0 Å². The van der Waals surface area contributed by atoms with E-state index in [1.165, 1.54) is 6.08 Å². The van der Waals surface area contributed by atoms with Crippen molar-refractivity contribution in [2.45, 2.75) is 58.4 Å². The van der Waals surface area contributed by atoms with Gasteiger partial charge in [0.15, 0.2) is 8.32 Å². The van der Waals surface area contributed by atoms with Gasteiger partial charge >= 0.3 is 24.1 Å². The van der Waals surface area contributed by atoms with Gasteiger partial charge in [0.25, 0.3) is 0 Å². The number of carbonyl (C=O) groups excluding carboxylic acids is 1. The molecule has 1 heterocycles. The smallest absolute Gasteiger partial charge is 0.463 e. The Morgan fingerprint density at radius 2 is 2.04 bits per heavy atom. The zero-order chi connectivity index (χ0) is 18.2. The summed E-state index contributed by atoms with van der Waals surface area (Å²) in [6, 6.07) is 2.00. The van der Waals surface area contributed by atoms with Crippen LogP contribution >= 0.6 is 0 Å². The minimum atomic E-state index is -2.25. The van der Waals surface area contributed by atoms with E-state index in [-0.39, 0.29) is 5.97 Å². The Labute approximate surface area is 152 Å². The molecule has 0 saturated carbocycles. The SMILES string of the molecule is CC(C)=CC(=O)OCCC[Si]1(C)CCCO[SiH](O[SiH3])O[Si](C)(C)O1. The summed E-state index contributed by atoms with van der Waals surface area (Å²) in [5, 5.41) is 0. The molecule has 0 aromatic heterocycles. The molecule has 0 radical (unpaired) electrons. The van der Waals surface area contributed by atoms with Crippen molar-refractivity contribution in [3.05, 3.63) is 11.6 Å². The molecule has 0 aliphatic carbocycles. The third-order valence-corrected chi connectivity index (χ3v) is 15.5. The molecule has 24 heavy (non-hydrogen) atoms. The maximum atomic E-state index is 11.5. The summed E-state index contributed by atoms with van der Waals surface area (Å²) >= 11 is 0. The molecule has 6 nitrogen and oxygen atoms in total. The van der Waals surface area contributed by atoms with Gasteiger partial charge < -0.3 is 21.5 Å². The van der Waals surface area contributed by atoms with Gasteiger partial charge in [-0.1, -0.05) is 5.57 Å². The van der Waals surface area contributed by atoms with E-state index in [1.54, 1.807) is 0 Å². The molecule has 140 valence electrons. The lowest BCUT2D eigenvalue weighted by Crippen LogP contribution is -2.50. The highest BCUT2D eigenvalue weighted by Gasteiger charge is 2.41. The number of hydrogen-bond donors (Lipinski definition) is 0. The van der Waals surface area contributed by atoms with Crippen LogP contribution in [0.4, 0.5) is 0 Å². The molecule has 0 N–H and O–H groups in total. The summed E-state index contributed by atoms with van der Waals surface area (Å²) in [5.74, 6) is -0.262. The van der Waals surface area contributed by atoms with E-state index in [0.717, 1.165) is 30.5 Å². The van der Waals surface area contributed by atoms with E-state index in [2.05, 4.69) is 19.6 Å². The molecule has 2 unspecified atom stereocenters. The minimum absolute atomic E-state index is 0.262. The molecule has 1 aliphatic rings. The van der Waals surface area contributed by atoms with Gasteiger partial charge in [-0.15, -0.1) is 0 Å². The zero-order valence-electron chi connectivity index (χ0n) is 15.8. The summed E-state index contributed by atoms with van der Waals surface area (Å²) in [5.41, 5.74) is 0.950. The second-order valence-electron chi connectivity index (χ2n) is 7.06. The largest absolute Gasteiger partial charge is 0.464 e. The molecule has 0 bridgehead atoms. The number of carbonyl (C=O) groups is 1. The average molecular weight is 409 g/mol. The topological polar surface area (TPSA) is 63.2 Å². The van der Waals surface area contributed by atoms with Crippen LogP contribution in [0.1, 0.15) is 26.7 Å². The Kier molecular flexibility index (Phi) is 9.30. The Balaban J connectivity index is 2.54. The molecule has 0 amide bonds. The highest BCUT2D eigenvalue weighted by molar-refractivity contribution is 6.84. The van der Waals surface area contributed by atoms with Crippen LogP contribution in [0.25, 0.3) is 0 Å². The first-order valence-electron chi connectivity index (χ1n) is 8.50. The van der Waals surface area contributed by atoms with E-state index in [1.807, 2.05) is 13.8 Å². The molecule has 1 aliphatic heterocycles. The number of esters is 1. The van der Waals surface area contributed by atoms with E-state index in [0.29, 0.717) is 23.7 Å². The van der Waals surface area contributed by atoms with Crippen molar-refractivity contribution in [1.82, 2.24) is 0 Å². The maximum absolute atomic E-state index is 11.5. The molecule has 0 aromatic rings. The quantitative estimate of drug-likeness (QED) is 0.288. The molecule has 0 aromatic carbocycles. The van der Waals surface area contributed by atoms with E-state index >= 15 is 0 Å². The van der Waals surface area contributed by atoms with E-state index in [9.17, 15) is 4.79 Å². The van der Waals surface area contributed by atoms with Crippen molar-refractivity contribution < 1.29 is 26.3 Å². The Hall–Kier alpha value is -0.0825. The third kappa shape index (κ3) is 8.85. The molecule has 0 spiro atoms. The van der Waals surface area contributed by atoms with Gasteiger partial charge in [-0.05, 0) is 58.4 Å². The van der Waals surface area contributed by atoms with Crippen LogP contribution in [0.2, 0.25) is 31.7 Å². The van der Waals surface area contributed by atoms with Crippen LogP contribution in [-0.2, 0) is 26.3 Å². The summed E-state index contributed by atoms with van der Waals surface area (Å²) in [4.78, 5) is 11.5. The van der Waals surface area contributed by atoms with Crippen molar-refractivity contribution >= 4 is 42.9 Å². The normalized spacial score (nSPS) is 27.6. The second kappa shape index (κ2) is 10.2. The minimum Gasteiger partial charge on any atom is -0.463 e. The third-order valence-electron chi connectivity index (χ3n) is 3.67. The fraction of sp³-hybridized carbons (Fsp3) is 0.786. The molecule has 1 saturated heterocycles. The zero-order valence-corrected chi connectivity index (χ0v) is 21.0. The van der Waals surface area contributed by atoms with Crippen molar-refractivity contribution in [3.63, 3.8) is 0 Å². The van der Waals surface area contributed by atoms with Crippen LogP contribution in [0.15, 0.2) is 11.6 Å². The number of rotatable bonds is 6. The molecular weight excluding hydrogens is 376 g/mol. The lowest BCUT2D eigenvalue weighted by molar-refractivity contribution is -0.137. The Morgan fingerprint density at radius 3 is 2.67 bits per heavy atom. The Morgan fingerprint density at radius 1 is 1.33 bits per heavy atom. The first-order valence-corrected chi connectivity index (χ1v) is 16.4. The van der Waals surface area contributed by atoms with Crippen LogP contribution in [0.5, 0.6) is 0 Å². The van der Waals surface area contributed by atoms with Gasteiger partial charge in [0, 0.05) is 12.7 Å². The predicted octanol–water partition coefficient (Wildman–Crippen LogP) is 1.63. The van der Waals surface area contributed by atoms with E-state index in [4.69, 9.17) is 21.5 Å². The Bertz CT molecular complexity index is 441. The van der Waals surface area contributed by atoms with Crippen LogP contribution in [0.3, 0.4) is 0 Å². The second-order valence-corrected chi connectivity index (χ2v) is 18.3. The number of allylic oxidation sites excluding steroid dienone is 1. The number of hydrogen-bond acceptors (Lipinski definition) is 6. The maximum Gasteiger partial charge on any atom is 0.464 e. The monoisotopic (exact) mass is 408 g/mol. The lowest BCUT2D eigenvalue weighted by atomic mass is 10.3. The fourth-order valence-electron chi connectivity index (χ4n) is 2.75. The summed E-state index contributed by atoms with van der Waals surface area (Å²) < 4.78 is 29.1. The molecule has 1 fully saturated rings. The highest BCUT2D eigenvalue weighted by atomic mass is 28.5. The highest BCUT2D eigenvalue weighted by Crippen LogP contribution is 2.28. The van der Waals surface area contributed by atoms with Gasteiger partial charge in [-0.2, -0.15) is 0 Å². The average Bonchev–Trinajstić information content (AvgIpc) is 2.50. The summed E-state index contributed by atoms with van der Waals surface area (Å²) in [6.45, 7) is 11.3. The first-order chi connectivity index (χ1) is 11.2. The van der Waals surface area contributed by atoms with Crippen LogP contribution in [-0.4, -0.2) is 56.1 Å². The molecule has 10 heteroatoms. The van der Waals surface area contributed by atoms with Crippen molar-refractivity contribution in [2.75, 3.05) is 13.2 Å². The summed E-state index contributed by atoms with van der Waals surface area (Å²) in [7, 11) is -5.53. The first kappa shape index (κ1) is 22.0. The van der Waals surface area contributed by atoms with Gasteiger partial charge in [0.05, 0.1) is 6.61 Å². The van der Waals surface area contributed by atoms with E-state index < -0.39 is 26.4 Å². The number of ether oxygens (including phenoxy) is 1. The van der Waals surface area contributed by atoms with Crippen molar-refractivity contribution in [1.29, 1.82) is 0 Å². The fourth-order valence-corrected chi connectivity index (χ4v) is 15.3. The van der Waals surface area contributed by atoms with Gasteiger partial charge in [0.2, 0.25) is 0 Å². The van der Waals surface area contributed by atoms with Gasteiger partial charge in [-0.25, -0.2) is 4.79 Å².